The second-order valence-corrected chi connectivity index (χ2v) is 3.55. The molecule has 0 aliphatic heterocycles. The minimum atomic E-state index is -1.08. The molecule has 0 saturated carbocycles. The topological polar surface area (TPSA) is 92.9 Å². The van der Waals surface area contributed by atoms with E-state index in [1.807, 2.05) is 12.1 Å². The molecule has 82 valence electrons. The van der Waals surface area contributed by atoms with Crippen molar-refractivity contribution in [3.8, 4) is 6.07 Å². The standard InChI is InChI=1S/C11H11N3O2/c12-3-1-10(15)11(16)7-5-9-8(14-6-7)2-4-13-9/h2,4-6,10-11,13,15-16H,1H2. The maximum absolute atomic E-state index is 9.76. The highest BCUT2D eigenvalue weighted by atomic mass is 16.3. The van der Waals surface area contributed by atoms with Crippen molar-refractivity contribution in [2.75, 3.05) is 0 Å². The van der Waals surface area contributed by atoms with E-state index in [1.165, 1.54) is 6.20 Å². The van der Waals surface area contributed by atoms with Gasteiger partial charge in [-0.3, -0.25) is 4.98 Å². The molecule has 0 fully saturated rings. The maximum atomic E-state index is 9.76. The zero-order chi connectivity index (χ0) is 11.5. The molecule has 0 aromatic carbocycles. The number of nitrogens with one attached hydrogen (secondary N) is 1. The van der Waals surface area contributed by atoms with Crippen LogP contribution in [0.4, 0.5) is 0 Å². The Morgan fingerprint density at radius 3 is 3.06 bits per heavy atom. The van der Waals surface area contributed by atoms with Crippen LogP contribution in [0.1, 0.15) is 18.1 Å². The number of nitrogens with zero attached hydrogens (tertiary/aromatic N) is 2. The lowest BCUT2D eigenvalue weighted by Gasteiger charge is -2.14. The van der Waals surface area contributed by atoms with Gasteiger partial charge < -0.3 is 15.2 Å². The Bertz CT molecular complexity index is 529. The van der Waals surface area contributed by atoms with Crippen molar-refractivity contribution in [3.05, 3.63) is 30.1 Å². The first kappa shape index (κ1) is 10.6. The van der Waals surface area contributed by atoms with Crippen LogP contribution < -0.4 is 0 Å². The summed E-state index contributed by atoms with van der Waals surface area (Å²) in [5, 5.41) is 27.7. The van der Waals surface area contributed by atoms with Gasteiger partial charge >= 0.3 is 0 Å². The number of fused-ring (bicyclic) bond motifs is 1. The molecule has 0 amide bonds. The van der Waals surface area contributed by atoms with Crippen LogP contribution in [-0.4, -0.2) is 26.3 Å². The largest absolute Gasteiger partial charge is 0.389 e. The predicted molar refractivity (Wildman–Crippen MR) is 57.3 cm³/mol. The summed E-state index contributed by atoms with van der Waals surface area (Å²) in [5.41, 5.74) is 2.09. The number of hydrogen-bond donors (Lipinski definition) is 3. The monoisotopic (exact) mass is 217 g/mol. The Balaban J connectivity index is 2.29. The van der Waals surface area contributed by atoms with Gasteiger partial charge in [-0.15, -0.1) is 0 Å². The molecule has 2 unspecified atom stereocenters. The average Bonchev–Trinajstić information content (AvgIpc) is 2.75. The summed E-state index contributed by atoms with van der Waals surface area (Å²) in [4.78, 5) is 7.08. The highest BCUT2D eigenvalue weighted by molar-refractivity contribution is 5.75. The number of nitriles is 1. The van der Waals surface area contributed by atoms with Gasteiger partial charge in [0.2, 0.25) is 0 Å². The van der Waals surface area contributed by atoms with Gasteiger partial charge in [-0.1, -0.05) is 0 Å². The smallest absolute Gasteiger partial charge is 0.107 e. The van der Waals surface area contributed by atoms with E-state index in [9.17, 15) is 10.2 Å². The van der Waals surface area contributed by atoms with Crippen LogP contribution in [0.25, 0.3) is 11.0 Å². The minimum absolute atomic E-state index is 0.107. The summed E-state index contributed by atoms with van der Waals surface area (Å²) in [6.45, 7) is 0. The number of aliphatic hydroxyl groups excluding tert-OH is 2. The predicted octanol–water partition coefficient (Wildman–Crippen LogP) is 0.871. The van der Waals surface area contributed by atoms with Crippen LogP contribution >= 0.6 is 0 Å². The molecule has 3 N–H and O–H groups in total. The number of aromatic nitrogens is 2. The third kappa shape index (κ3) is 1.89. The van der Waals surface area contributed by atoms with E-state index in [4.69, 9.17) is 5.26 Å². The number of rotatable bonds is 3. The molecule has 0 aliphatic carbocycles. The van der Waals surface area contributed by atoms with Crippen molar-refractivity contribution in [1.29, 1.82) is 5.26 Å². The molecule has 0 radical (unpaired) electrons. The average molecular weight is 217 g/mol. The Labute approximate surface area is 92.0 Å². The van der Waals surface area contributed by atoms with E-state index >= 15 is 0 Å². The highest BCUT2D eigenvalue weighted by Crippen LogP contribution is 2.21. The second kappa shape index (κ2) is 4.31. The molecule has 5 nitrogen and oxygen atoms in total. The zero-order valence-electron chi connectivity index (χ0n) is 8.46. The summed E-state index contributed by atoms with van der Waals surface area (Å²) in [5.74, 6) is 0. The molecule has 2 heterocycles. The van der Waals surface area contributed by atoms with E-state index in [1.54, 1.807) is 12.3 Å². The molecule has 0 aliphatic rings. The van der Waals surface area contributed by atoms with Gasteiger partial charge in [-0.25, -0.2) is 0 Å². The quantitative estimate of drug-likeness (QED) is 0.711. The lowest BCUT2D eigenvalue weighted by atomic mass is 10.0. The van der Waals surface area contributed by atoms with Gasteiger partial charge in [0.05, 0.1) is 29.6 Å². The first-order valence-corrected chi connectivity index (χ1v) is 4.88. The van der Waals surface area contributed by atoms with E-state index in [0.717, 1.165) is 11.0 Å². The number of aromatic amines is 1. The Morgan fingerprint density at radius 2 is 2.31 bits per heavy atom. The van der Waals surface area contributed by atoms with Gasteiger partial charge in [0.25, 0.3) is 0 Å². The summed E-state index contributed by atoms with van der Waals surface area (Å²) < 4.78 is 0. The first-order valence-electron chi connectivity index (χ1n) is 4.88. The van der Waals surface area contributed by atoms with Gasteiger partial charge in [0.15, 0.2) is 0 Å². The van der Waals surface area contributed by atoms with Gasteiger partial charge in [0.1, 0.15) is 6.10 Å². The molecule has 0 spiro atoms. The van der Waals surface area contributed by atoms with E-state index in [0.29, 0.717) is 5.56 Å². The summed E-state index contributed by atoms with van der Waals surface area (Å²) in [6, 6.07) is 5.34. The fourth-order valence-corrected chi connectivity index (χ4v) is 1.54. The van der Waals surface area contributed by atoms with Crippen LogP contribution in [0.2, 0.25) is 0 Å². The van der Waals surface area contributed by atoms with Crippen LogP contribution in [0.5, 0.6) is 0 Å². The Hall–Kier alpha value is -1.90. The maximum Gasteiger partial charge on any atom is 0.107 e. The van der Waals surface area contributed by atoms with Gasteiger partial charge in [-0.05, 0) is 12.1 Å². The number of pyridine rings is 1. The third-order valence-corrected chi connectivity index (χ3v) is 2.43. The molecular weight excluding hydrogens is 206 g/mol. The number of hydrogen-bond acceptors (Lipinski definition) is 4. The van der Waals surface area contributed by atoms with Crippen molar-refractivity contribution in [3.63, 3.8) is 0 Å². The van der Waals surface area contributed by atoms with Crippen LogP contribution in [0, 0.1) is 11.3 Å². The highest BCUT2D eigenvalue weighted by Gasteiger charge is 2.18. The lowest BCUT2D eigenvalue weighted by Crippen LogP contribution is -2.17. The van der Waals surface area contributed by atoms with Crippen molar-refractivity contribution in [1.82, 2.24) is 9.97 Å². The molecule has 2 rings (SSSR count). The van der Waals surface area contributed by atoms with Crippen LogP contribution in [0.3, 0.4) is 0 Å². The molecule has 2 aromatic heterocycles. The summed E-state index contributed by atoms with van der Waals surface area (Å²) in [7, 11) is 0. The molecule has 2 aromatic rings. The van der Waals surface area contributed by atoms with E-state index in [2.05, 4.69) is 9.97 Å². The first-order chi connectivity index (χ1) is 7.72. The molecule has 2 atom stereocenters. The normalized spacial score (nSPS) is 14.6. The zero-order valence-corrected chi connectivity index (χ0v) is 8.46. The van der Waals surface area contributed by atoms with Crippen molar-refractivity contribution >= 4 is 11.0 Å². The number of aliphatic hydroxyl groups is 2. The van der Waals surface area contributed by atoms with Crippen molar-refractivity contribution < 1.29 is 10.2 Å². The van der Waals surface area contributed by atoms with Crippen LogP contribution in [0.15, 0.2) is 24.5 Å². The van der Waals surface area contributed by atoms with Crippen molar-refractivity contribution in [2.24, 2.45) is 0 Å². The molecule has 0 saturated heterocycles. The van der Waals surface area contributed by atoms with Gasteiger partial charge in [0, 0.05) is 18.0 Å². The minimum Gasteiger partial charge on any atom is -0.389 e. The third-order valence-electron chi connectivity index (χ3n) is 2.43. The van der Waals surface area contributed by atoms with E-state index < -0.39 is 12.2 Å². The fraction of sp³-hybridized carbons (Fsp3) is 0.273. The Morgan fingerprint density at radius 1 is 1.50 bits per heavy atom. The summed E-state index contributed by atoms with van der Waals surface area (Å²) in [6.07, 6.45) is 0.976. The second-order valence-electron chi connectivity index (χ2n) is 3.55. The van der Waals surface area contributed by atoms with E-state index in [-0.39, 0.29) is 6.42 Å². The van der Waals surface area contributed by atoms with Crippen molar-refractivity contribution in [2.45, 2.75) is 18.6 Å². The van der Waals surface area contributed by atoms with Gasteiger partial charge in [-0.2, -0.15) is 5.26 Å². The molecule has 5 heteroatoms. The number of H-pyrrole nitrogens is 1. The summed E-state index contributed by atoms with van der Waals surface area (Å²) >= 11 is 0. The lowest BCUT2D eigenvalue weighted by molar-refractivity contribution is 0.0215. The fourth-order valence-electron chi connectivity index (χ4n) is 1.54. The molecule has 16 heavy (non-hydrogen) atoms. The van der Waals surface area contributed by atoms with Crippen LogP contribution in [-0.2, 0) is 0 Å². The SMILES string of the molecule is N#CCC(O)C(O)c1cnc2cc[nH]c2c1. The molecule has 0 bridgehead atoms. The Kier molecular flexibility index (Phi) is 2.86. The molecular formula is C11H11N3O2.